The van der Waals surface area contributed by atoms with Crippen LogP contribution in [0.2, 0.25) is 0 Å². The van der Waals surface area contributed by atoms with Gasteiger partial charge in [-0.1, -0.05) is 0 Å². The maximum atomic E-state index is 5.94. The molecule has 24 heavy (non-hydrogen) atoms. The van der Waals surface area contributed by atoms with Crippen LogP contribution in [0.3, 0.4) is 0 Å². The Bertz CT molecular complexity index is 926. The van der Waals surface area contributed by atoms with E-state index in [2.05, 4.69) is 15.3 Å². The van der Waals surface area contributed by atoms with Crippen molar-refractivity contribution >= 4 is 16.9 Å². The van der Waals surface area contributed by atoms with E-state index in [1.54, 1.807) is 25.7 Å². The number of ether oxygens (including phenoxy) is 1. The zero-order chi connectivity index (χ0) is 16.4. The van der Waals surface area contributed by atoms with Crippen molar-refractivity contribution in [3.05, 3.63) is 43.1 Å². The minimum atomic E-state index is 0.461. The van der Waals surface area contributed by atoms with E-state index in [1.165, 1.54) is 6.33 Å². The Hall–Kier alpha value is -3.06. The predicted octanol–water partition coefficient (Wildman–Crippen LogP) is 3.80. The van der Waals surface area contributed by atoms with Gasteiger partial charge in [0.25, 0.3) is 0 Å². The number of rotatable bonds is 6. The van der Waals surface area contributed by atoms with Crippen molar-refractivity contribution in [2.75, 3.05) is 25.6 Å². The van der Waals surface area contributed by atoms with Gasteiger partial charge < -0.3 is 23.3 Å². The topological polar surface area (TPSA) is 86.5 Å². The van der Waals surface area contributed by atoms with Crippen molar-refractivity contribution in [2.45, 2.75) is 0 Å². The molecule has 4 aromatic heterocycles. The Labute approximate surface area is 137 Å². The molecule has 0 radical (unpaired) electrons. The van der Waals surface area contributed by atoms with Crippen molar-refractivity contribution in [3.8, 4) is 22.8 Å². The second-order valence-electron chi connectivity index (χ2n) is 5.08. The first-order valence-corrected chi connectivity index (χ1v) is 7.46. The molecule has 7 heteroatoms. The SMILES string of the molecule is COCCNc1ncnc2oc(-c3ccco3)c(-c3ccco3)c12. The molecule has 4 rings (SSSR count). The zero-order valence-electron chi connectivity index (χ0n) is 13.0. The minimum absolute atomic E-state index is 0.461. The van der Waals surface area contributed by atoms with Crippen LogP contribution < -0.4 is 5.32 Å². The fraction of sp³-hybridized carbons (Fsp3) is 0.176. The molecule has 0 aliphatic carbocycles. The molecule has 1 N–H and O–H groups in total. The van der Waals surface area contributed by atoms with Crippen molar-refractivity contribution in [2.24, 2.45) is 0 Å². The van der Waals surface area contributed by atoms with E-state index < -0.39 is 0 Å². The van der Waals surface area contributed by atoms with Gasteiger partial charge in [0.15, 0.2) is 11.5 Å². The molecule has 0 spiro atoms. The Morgan fingerprint density at radius 1 is 1.08 bits per heavy atom. The summed E-state index contributed by atoms with van der Waals surface area (Å²) in [6, 6.07) is 7.32. The van der Waals surface area contributed by atoms with Gasteiger partial charge in [0.2, 0.25) is 5.71 Å². The summed E-state index contributed by atoms with van der Waals surface area (Å²) in [7, 11) is 1.65. The molecule has 122 valence electrons. The molecular formula is C17H15N3O4. The van der Waals surface area contributed by atoms with E-state index in [4.69, 9.17) is 18.0 Å². The molecule has 0 unspecified atom stereocenters. The second kappa shape index (κ2) is 6.21. The maximum Gasteiger partial charge on any atom is 0.232 e. The molecule has 0 aromatic carbocycles. The quantitative estimate of drug-likeness (QED) is 0.539. The fourth-order valence-electron chi connectivity index (χ4n) is 2.58. The predicted molar refractivity (Wildman–Crippen MR) is 87.6 cm³/mol. The molecule has 0 amide bonds. The largest absolute Gasteiger partial charge is 0.464 e. The molecule has 0 aliphatic rings. The van der Waals surface area contributed by atoms with E-state index in [1.807, 2.05) is 18.2 Å². The third kappa shape index (κ3) is 2.44. The number of aromatic nitrogens is 2. The van der Waals surface area contributed by atoms with Crippen molar-refractivity contribution in [1.29, 1.82) is 0 Å². The maximum absolute atomic E-state index is 5.94. The van der Waals surface area contributed by atoms with Crippen LogP contribution in [0.5, 0.6) is 0 Å². The highest BCUT2D eigenvalue weighted by Gasteiger charge is 2.25. The lowest BCUT2D eigenvalue weighted by atomic mass is 10.1. The fourth-order valence-corrected chi connectivity index (χ4v) is 2.58. The molecular weight excluding hydrogens is 310 g/mol. The first-order valence-electron chi connectivity index (χ1n) is 7.46. The van der Waals surface area contributed by atoms with Crippen LogP contribution in [0, 0.1) is 0 Å². The average molecular weight is 325 g/mol. The third-order valence-electron chi connectivity index (χ3n) is 3.60. The number of anilines is 1. The van der Waals surface area contributed by atoms with Gasteiger partial charge in [-0.15, -0.1) is 0 Å². The summed E-state index contributed by atoms with van der Waals surface area (Å²) in [4.78, 5) is 8.57. The minimum Gasteiger partial charge on any atom is -0.464 e. The Morgan fingerprint density at radius 2 is 1.88 bits per heavy atom. The summed E-state index contributed by atoms with van der Waals surface area (Å²) >= 11 is 0. The number of nitrogens with zero attached hydrogens (tertiary/aromatic N) is 2. The summed E-state index contributed by atoms with van der Waals surface area (Å²) in [5.74, 6) is 2.47. The van der Waals surface area contributed by atoms with Gasteiger partial charge in [-0.25, -0.2) is 9.97 Å². The summed E-state index contributed by atoms with van der Waals surface area (Å²) in [5, 5.41) is 3.99. The normalized spacial score (nSPS) is 11.2. The third-order valence-corrected chi connectivity index (χ3v) is 3.60. The van der Waals surface area contributed by atoms with Gasteiger partial charge in [-0.2, -0.15) is 0 Å². The van der Waals surface area contributed by atoms with E-state index in [0.29, 0.717) is 42.0 Å². The summed E-state index contributed by atoms with van der Waals surface area (Å²) in [5.41, 5.74) is 1.22. The standard InChI is InChI=1S/C17H15N3O4/c1-21-9-6-18-16-14-13(11-4-2-7-22-11)15(12-5-3-8-23-12)24-17(14)20-10-19-16/h2-5,7-8,10H,6,9H2,1H3,(H,18,19,20). The molecule has 4 heterocycles. The van der Waals surface area contributed by atoms with Crippen LogP contribution in [0.4, 0.5) is 5.82 Å². The van der Waals surface area contributed by atoms with E-state index in [-0.39, 0.29) is 0 Å². The Kier molecular flexibility index (Phi) is 3.76. The molecule has 0 saturated carbocycles. The lowest BCUT2D eigenvalue weighted by Crippen LogP contribution is -2.09. The van der Waals surface area contributed by atoms with E-state index >= 15 is 0 Å². The summed E-state index contributed by atoms with van der Waals surface area (Å²) in [6.07, 6.45) is 4.67. The van der Waals surface area contributed by atoms with Crippen LogP contribution in [0.25, 0.3) is 33.9 Å². The smallest absolute Gasteiger partial charge is 0.232 e. The summed E-state index contributed by atoms with van der Waals surface area (Å²) in [6.45, 7) is 1.17. The van der Waals surface area contributed by atoms with Crippen LogP contribution in [0.15, 0.2) is 56.4 Å². The van der Waals surface area contributed by atoms with Crippen LogP contribution in [-0.4, -0.2) is 30.2 Å². The van der Waals surface area contributed by atoms with Crippen molar-refractivity contribution in [3.63, 3.8) is 0 Å². The van der Waals surface area contributed by atoms with Crippen LogP contribution in [-0.2, 0) is 4.74 Å². The van der Waals surface area contributed by atoms with Gasteiger partial charge >= 0.3 is 0 Å². The monoisotopic (exact) mass is 325 g/mol. The molecule has 0 fully saturated rings. The molecule has 0 atom stereocenters. The van der Waals surface area contributed by atoms with Gasteiger partial charge in [0, 0.05) is 13.7 Å². The lowest BCUT2D eigenvalue weighted by molar-refractivity contribution is 0.210. The lowest BCUT2D eigenvalue weighted by Gasteiger charge is -2.06. The zero-order valence-corrected chi connectivity index (χ0v) is 13.0. The highest BCUT2D eigenvalue weighted by Crippen LogP contribution is 2.42. The van der Waals surface area contributed by atoms with E-state index in [0.717, 1.165) is 10.9 Å². The Balaban J connectivity index is 1.93. The van der Waals surface area contributed by atoms with Crippen LogP contribution in [0.1, 0.15) is 0 Å². The molecule has 0 bridgehead atoms. The van der Waals surface area contributed by atoms with E-state index in [9.17, 15) is 0 Å². The van der Waals surface area contributed by atoms with Crippen LogP contribution >= 0.6 is 0 Å². The van der Waals surface area contributed by atoms with Gasteiger partial charge in [-0.05, 0) is 24.3 Å². The second-order valence-corrected chi connectivity index (χ2v) is 5.08. The van der Waals surface area contributed by atoms with Crippen molar-refractivity contribution in [1.82, 2.24) is 9.97 Å². The van der Waals surface area contributed by atoms with Crippen molar-refractivity contribution < 1.29 is 18.0 Å². The number of hydrogen-bond donors (Lipinski definition) is 1. The Morgan fingerprint density at radius 3 is 2.58 bits per heavy atom. The van der Waals surface area contributed by atoms with Gasteiger partial charge in [-0.3, -0.25) is 0 Å². The van der Waals surface area contributed by atoms with Gasteiger partial charge in [0.05, 0.1) is 30.1 Å². The van der Waals surface area contributed by atoms with Gasteiger partial charge in [0.1, 0.15) is 17.9 Å². The number of fused-ring (bicyclic) bond motifs is 1. The summed E-state index contributed by atoms with van der Waals surface area (Å²) < 4.78 is 22.1. The average Bonchev–Trinajstić information content (AvgIpc) is 3.33. The number of hydrogen-bond acceptors (Lipinski definition) is 7. The first-order chi connectivity index (χ1) is 11.9. The first kappa shape index (κ1) is 14.5. The number of furan rings is 3. The number of nitrogens with one attached hydrogen (secondary N) is 1. The molecule has 4 aromatic rings. The highest BCUT2D eigenvalue weighted by molar-refractivity contribution is 6.04. The number of methoxy groups -OCH3 is 1. The molecule has 7 nitrogen and oxygen atoms in total. The highest BCUT2D eigenvalue weighted by atomic mass is 16.5. The molecule has 0 aliphatic heterocycles. The molecule has 0 saturated heterocycles.